The van der Waals surface area contributed by atoms with Crippen molar-refractivity contribution in [3.63, 3.8) is 0 Å². The molecule has 1 aliphatic heterocycles. The normalized spacial score (nSPS) is 16.3. The molecule has 0 spiro atoms. The van der Waals surface area contributed by atoms with Gasteiger partial charge in [-0.05, 0) is 70.4 Å². The fourth-order valence-corrected chi connectivity index (χ4v) is 4.54. The van der Waals surface area contributed by atoms with Crippen LogP contribution in [0.25, 0.3) is 0 Å². The Labute approximate surface area is 240 Å². The average Bonchev–Trinajstić information content (AvgIpc) is 2.97. The van der Waals surface area contributed by atoms with E-state index in [1.807, 2.05) is 0 Å². The van der Waals surface area contributed by atoms with Crippen LogP contribution in [0.5, 0.6) is 0 Å². The molecule has 0 N–H and O–H groups in total. The monoisotopic (exact) mass is 629 g/mol. The number of hydrogen-bond donors (Lipinski definition) is 0. The number of pyridine rings is 1. The molecule has 1 amide bonds. The Kier molecular flexibility index (Phi) is 9.23. The van der Waals surface area contributed by atoms with Crippen molar-refractivity contribution in [3.8, 4) is 0 Å². The summed E-state index contributed by atoms with van der Waals surface area (Å²) >= 11 is 0. The van der Waals surface area contributed by atoms with E-state index in [4.69, 9.17) is 9.57 Å². The van der Waals surface area contributed by atoms with Gasteiger partial charge >= 0.3 is 24.7 Å². The van der Waals surface area contributed by atoms with Gasteiger partial charge in [-0.1, -0.05) is 0 Å². The van der Waals surface area contributed by atoms with Gasteiger partial charge in [0.1, 0.15) is 5.60 Å². The van der Waals surface area contributed by atoms with Crippen LogP contribution in [0.3, 0.4) is 0 Å². The summed E-state index contributed by atoms with van der Waals surface area (Å²) in [5.41, 5.74) is -7.02. The molecular weight excluding hydrogens is 601 g/mol. The summed E-state index contributed by atoms with van der Waals surface area (Å²) in [6, 6.07) is 0.311. The molecule has 7 nitrogen and oxygen atoms in total. The molecule has 3 rings (SSSR count). The molecule has 0 aliphatic carbocycles. The number of aromatic nitrogens is 1. The summed E-state index contributed by atoms with van der Waals surface area (Å²) in [5.74, 6) is -0.803. The lowest BCUT2D eigenvalue weighted by molar-refractivity contribution is -0.143. The van der Waals surface area contributed by atoms with Crippen LogP contribution in [-0.4, -0.2) is 34.1 Å². The van der Waals surface area contributed by atoms with Crippen LogP contribution in [-0.2, 0) is 39.4 Å². The second-order valence-corrected chi connectivity index (χ2v) is 10.9. The first-order chi connectivity index (χ1) is 19.5. The fraction of sp³-hybridized carbons (Fsp3) is 0.519. The summed E-state index contributed by atoms with van der Waals surface area (Å²) in [7, 11) is 0. The van der Waals surface area contributed by atoms with Crippen LogP contribution in [0, 0.1) is 6.92 Å². The molecule has 1 aromatic carbocycles. The van der Waals surface area contributed by atoms with E-state index in [2.05, 4.69) is 4.98 Å². The van der Waals surface area contributed by atoms with Gasteiger partial charge in [0.05, 0.1) is 46.4 Å². The fourth-order valence-electron chi connectivity index (χ4n) is 4.54. The summed E-state index contributed by atoms with van der Waals surface area (Å²) in [4.78, 5) is 35.4. The first-order valence-corrected chi connectivity index (χ1v) is 12.8. The van der Waals surface area contributed by atoms with Crippen molar-refractivity contribution in [2.24, 2.45) is 0 Å². The zero-order valence-corrected chi connectivity index (χ0v) is 23.6. The van der Waals surface area contributed by atoms with Crippen LogP contribution >= 0.6 is 0 Å². The molecule has 0 saturated carbocycles. The maximum absolute atomic E-state index is 13.8. The van der Waals surface area contributed by atoms with Gasteiger partial charge in [0, 0.05) is 13.5 Å². The number of fused-ring (bicyclic) bond motifs is 1. The lowest BCUT2D eigenvalue weighted by atomic mass is 10.0. The summed E-state index contributed by atoms with van der Waals surface area (Å²) in [6.45, 7) is 5.67. The number of aryl methyl sites for hydroxylation is 1. The van der Waals surface area contributed by atoms with E-state index in [9.17, 15) is 49.1 Å². The van der Waals surface area contributed by atoms with Gasteiger partial charge in [-0.2, -0.15) is 39.5 Å². The third-order valence-corrected chi connectivity index (χ3v) is 6.31. The molecule has 0 fully saturated rings. The second-order valence-electron chi connectivity index (χ2n) is 10.9. The van der Waals surface area contributed by atoms with Crippen molar-refractivity contribution in [1.82, 2.24) is 9.88 Å². The number of hydrogen-bond acceptors (Lipinski definition) is 6. The maximum Gasteiger partial charge on any atom is 0.533 e. The topological polar surface area (TPSA) is 72.0 Å². The number of nitrogens with zero attached hydrogens (tertiary/aromatic N) is 3. The van der Waals surface area contributed by atoms with E-state index in [0.717, 1.165) is 23.8 Å². The van der Waals surface area contributed by atoms with Crippen LogP contribution in [0.4, 0.5) is 50.0 Å². The Bertz CT molecular complexity index is 1330. The Hall–Kier alpha value is -3.72. The molecule has 0 radical (unpaired) electrons. The van der Waals surface area contributed by atoms with Crippen LogP contribution in [0.1, 0.15) is 80.2 Å². The molecule has 0 saturated heterocycles. The second kappa shape index (κ2) is 11.8. The van der Waals surface area contributed by atoms with Crippen molar-refractivity contribution in [2.45, 2.75) is 84.2 Å². The van der Waals surface area contributed by atoms with Gasteiger partial charge in [-0.3, -0.25) is 9.78 Å². The Balaban J connectivity index is 2.15. The number of hydroxylamine groups is 1. The van der Waals surface area contributed by atoms with Crippen molar-refractivity contribution < 1.29 is 58.7 Å². The number of halogens is 9. The smallest absolute Gasteiger partial charge is 0.427 e. The number of anilines is 1. The Morgan fingerprint density at radius 1 is 0.930 bits per heavy atom. The van der Waals surface area contributed by atoms with Gasteiger partial charge in [0.2, 0.25) is 5.91 Å². The van der Waals surface area contributed by atoms with Crippen LogP contribution in [0.2, 0.25) is 0 Å². The first kappa shape index (κ1) is 33.8. The average molecular weight is 630 g/mol. The minimum absolute atomic E-state index is 0.0380. The predicted molar refractivity (Wildman–Crippen MR) is 133 cm³/mol. The molecule has 0 bridgehead atoms. The Morgan fingerprint density at radius 3 is 1.95 bits per heavy atom. The van der Waals surface area contributed by atoms with Gasteiger partial charge in [-0.15, -0.1) is 0 Å². The number of benzene rings is 1. The summed E-state index contributed by atoms with van der Waals surface area (Å²) in [5, 5.41) is 0.815. The highest BCUT2D eigenvalue weighted by Gasteiger charge is 2.40. The minimum Gasteiger partial charge on any atom is -0.427 e. The zero-order chi connectivity index (χ0) is 32.7. The summed E-state index contributed by atoms with van der Waals surface area (Å²) in [6.07, 6.45) is -16.4. The van der Waals surface area contributed by atoms with E-state index in [1.54, 1.807) is 0 Å². The molecule has 1 atom stereocenters. The van der Waals surface area contributed by atoms with E-state index < -0.39 is 76.7 Å². The largest absolute Gasteiger partial charge is 0.533 e. The standard InChI is InChI=1S/C27H28F9N3O4/c1-14-19(27(34,35)36)12-21-22(37-14)20(7-6-8-39(21)43-23(41)42-24(3,4)5)38(15(2)40)13-16-9-17(25(28,29)30)11-18(10-16)26(31,32)33/h9-12,20H,6-8,13H2,1-5H3. The van der Waals surface area contributed by atoms with E-state index in [1.165, 1.54) is 20.8 Å². The van der Waals surface area contributed by atoms with Crippen LogP contribution in [0.15, 0.2) is 24.3 Å². The van der Waals surface area contributed by atoms with Crippen molar-refractivity contribution >= 4 is 17.7 Å². The van der Waals surface area contributed by atoms with Crippen molar-refractivity contribution in [1.29, 1.82) is 0 Å². The van der Waals surface area contributed by atoms with Gasteiger partial charge in [-0.25, -0.2) is 9.86 Å². The number of carbonyl (C=O) groups excluding carboxylic acids is 2. The molecule has 43 heavy (non-hydrogen) atoms. The minimum atomic E-state index is -5.14. The SMILES string of the molecule is CC(=O)N(Cc1cc(C(F)(F)F)cc(C(F)(F)F)c1)C1CCCN(OC(=O)OC(C)(C)C)c2cc(C(F)(F)F)c(C)nc21. The van der Waals surface area contributed by atoms with E-state index in [0.29, 0.717) is 18.2 Å². The Morgan fingerprint density at radius 2 is 1.49 bits per heavy atom. The highest BCUT2D eigenvalue weighted by atomic mass is 19.4. The number of ether oxygens (including phenoxy) is 1. The molecule has 1 aromatic heterocycles. The number of alkyl halides is 9. The lowest BCUT2D eigenvalue weighted by Gasteiger charge is -2.32. The predicted octanol–water partition coefficient (Wildman–Crippen LogP) is 8.00. The van der Waals surface area contributed by atoms with Crippen molar-refractivity contribution in [3.05, 3.63) is 57.9 Å². The number of rotatable bonds is 4. The molecule has 2 aromatic rings. The highest BCUT2D eigenvalue weighted by molar-refractivity contribution is 5.74. The van der Waals surface area contributed by atoms with E-state index in [-0.39, 0.29) is 36.8 Å². The van der Waals surface area contributed by atoms with Crippen molar-refractivity contribution in [2.75, 3.05) is 11.6 Å². The third-order valence-electron chi connectivity index (χ3n) is 6.31. The quantitative estimate of drug-likeness (QED) is 0.252. The first-order valence-electron chi connectivity index (χ1n) is 12.8. The third kappa shape index (κ3) is 8.44. The van der Waals surface area contributed by atoms with Gasteiger partial charge < -0.3 is 14.5 Å². The molecule has 1 aliphatic rings. The van der Waals surface area contributed by atoms with Gasteiger partial charge in [0.15, 0.2) is 0 Å². The maximum atomic E-state index is 13.8. The number of carbonyl (C=O) groups is 2. The molecule has 16 heteroatoms. The van der Waals surface area contributed by atoms with E-state index >= 15 is 0 Å². The molecule has 238 valence electrons. The lowest BCUT2D eigenvalue weighted by Crippen LogP contribution is -2.35. The molecule has 1 unspecified atom stereocenters. The zero-order valence-electron chi connectivity index (χ0n) is 23.6. The number of amides is 1. The van der Waals surface area contributed by atoms with Crippen LogP contribution < -0.4 is 5.06 Å². The highest BCUT2D eigenvalue weighted by Crippen LogP contribution is 2.42. The summed E-state index contributed by atoms with van der Waals surface area (Å²) < 4.78 is 127. The molecular formula is C27H28F9N3O4. The van der Waals surface area contributed by atoms with Gasteiger partial charge in [0.25, 0.3) is 0 Å². The molecule has 2 heterocycles.